The van der Waals surface area contributed by atoms with E-state index in [1.807, 2.05) is 0 Å². The van der Waals surface area contributed by atoms with Crippen molar-refractivity contribution in [2.75, 3.05) is 31.1 Å². The fraction of sp³-hybridized carbons (Fsp3) is 0.583. The Bertz CT molecular complexity index is 1050. The average molecular weight is 413 g/mol. The van der Waals surface area contributed by atoms with Gasteiger partial charge in [0, 0.05) is 57.7 Å². The fourth-order valence-corrected chi connectivity index (χ4v) is 4.69. The molecule has 0 atom stereocenters. The summed E-state index contributed by atoms with van der Waals surface area (Å²) in [7, 11) is 3.27. The molecule has 1 saturated heterocycles. The zero-order valence-corrected chi connectivity index (χ0v) is 19.7. The molecule has 1 aromatic carbocycles. The van der Waals surface area contributed by atoms with Gasteiger partial charge in [0.2, 0.25) is 0 Å². The highest BCUT2D eigenvalue weighted by atomic mass is 16.2. The van der Waals surface area contributed by atoms with Crippen LogP contribution in [0.4, 0.5) is 5.69 Å². The molecule has 0 saturated carbocycles. The molecule has 0 spiro atoms. The van der Waals surface area contributed by atoms with E-state index in [0.29, 0.717) is 0 Å². The van der Waals surface area contributed by atoms with Crippen LogP contribution in [0.5, 0.6) is 0 Å². The first kappa shape index (κ1) is 22.3. The first-order chi connectivity index (χ1) is 13.8. The van der Waals surface area contributed by atoms with Gasteiger partial charge in [0.25, 0.3) is 5.56 Å². The van der Waals surface area contributed by atoms with Crippen LogP contribution in [0.1, 0.15) is 51.4 Å². The molecule has 0 radical (unpaired) electrons. The van der Waals surface area contributed by atoms with Crippen LogP contribution in [0.3, 0.4) is 0 Å². The molecular formula is C24H36N4O2. The molecule has 1 aromatic heterocycles. The Balaban J connectivity index is 1.80. The van der Waals surface area contributed by atoms with Gasteiger partial charge in [-0.3, -0.25) is 18.8 Å². The van der Waals surface area contributed by atoms with E-state index in [1.54, 1.807) is 17.7 Å². The summed E-state index contributed by atoms with van der Waals surface area (Å²) in [5.41, 5.74) is 3.95. The lowest BCUT2D eigenvalue weighted by atomic mass is 9.84. The van der Waals surface area contributed by atoms with E-state index in [9.17, 15) is 9.59 Å². The molecule has 1 fully saturated rings. The van der Waals surface area contributed by atoms with Crippen LogP contribution in [0.15, 0.2) is 33.9 Å². The second kappa shape index (κ2) is 7.73. The quantitative estimate of drug-likeness (QED) is 0.778. The molecule has 2 heterocycles. The van der Waals surface area contributed by atoms with Crippen molar-refractivity contribution in [3.05, 3.63) is 61.9 Å². The summed E-state index contributed by atoms with van der Waals surface area (Å²) < 4.78 is 2.75. The number of rotatable bonds is 3. The molecule has 0 N–H and O–H groups in total. The molecule has 30 heavy (non-hydrogen) atoms. The third-order valence-corrected chi connectivity index (χ3v) is 6.61. The Hall–Kier alpha value is -2.34. The summed E-state index contributed by atoms with van der Waals surface area (Å²) in [5.74, 6) is 0. The Morgan fingerprint density at radius 3 is 1.97 bits per heavy atom. The summed E-state index contributed by atoms with van der Waals surface area (Å²) in [5, 5.41) is 0. The van der Waals surface area contributed by atoms with Gasteiger partial charge in [-0.2, -0.15) is 0 Å². The molecule has 0 aliphatic carbocycles. The SMILES string of the molecule is Cc1cc(N2CCN(C(C)(C)c3cc(=O)n(C)c(=O)n3C)CC2)ccc1C(C)(C)C. The van der Waals surface area contributed by atoms with Crippen molar-refractivity contribution in [2.24, 2.45) is 14.1 Å². The van der Waals surface area contributed by atoms with Gasteiger partial charge in [-0.15, -0.1) is 0 Å². The van der Waals surface area contributed by atoms with Gasteiger partial charge in [-0.25, -0.2) is 4.79 Å². The molecule has 164 valence electrons. The minimum atomic E-state index is -0.403. The van der Waals surface area contributed by atoms with Crippen LogP contribution in [0.2, 0.25) is 0 Å². The summed E-state index contributed by atoms with van der Waals surface area (Å²) in [6, 6.07) is 8.39. The van der Waals surface area contributed by atoms with Crippen molar-refractivity contribution in [3.63, 3.8) is 0 Å². The maximum Gasteiger partial charge on any atom is 0.330 e. The molecule has 2 aromatic rings. The first-order valence-electron chi connectivity index (χ1n) is 10.7. The van der Waals surface area contributed by atoms with Crippen LogP contribution < -0.4 is 16.1 Å². The monoisotopic (exact) mass is 412 g/mol. The van der Waals surface area contributed by atoms with Gasteiger partial charge in [0.05, 0.1) is 5.54 Å². The number of nitrogens with zero attached hydrogens (tertiary/aromatic N) is 4. The standard InChI is InChI=1S/C24H36N4O2/c1-17-15-18(9-10-19(17)23(2,3)4)27-11-13-28(14-12-27)24(5,6)20-16-21(29)26(8)22(30)25(20)7/h9-10,15-16H,11-14H2,1-8H3. The van der Waals surface area contributed by atoms with Crippen molar-refractivity contribution >= 4 is 5.69 Å². The van der Waals surface area contributed by atoms with Crippen molar-refractivity contribution in [1.82, 2.24) is 14.0 Å². The maximum absolute atomic E-state index is 12.4. The maximum atomic E-state index is 12.4. The van der Waals surface area contributed by atoms with Gasteiger partial charge < -0.3 is 4.90 Å². The third kappa shape index (κ3) is 3.97. The van der Waals surface area contributed by atoms with Crippen LogP contribution in [0, 0.1) is 6.92 Å². The first-order valence-corrected chi connectivity index (χ1v) is 10.7. The highest BCUT2D eigenvalue weighted by Crippen LogP contribution is 2.31. The van der Waals surface area contributed by atoms with Crippen LogP contribution >= 0.6 is 0 Å². The summed E-state index contributed by atoms with van der Waals surface area (Å²) in [4.78, 5) is 29.4. The predicted octanol–water partition coefficient (Wildman–Crippen LogP) is 2.75. The van der Waals surface area contributed by atoms with Crippen molar-refractivity contribution < 1.29 is 0 Å². The zero-order chi connectivity index (χ0) is 22.4. The minimum absolute atomic E-state index is 0.147. The van der Waals surface area contributed by atoms with E-state index < -0.39 is 5.54 Å². The molecule has 0 unspecified atom stereocenters. The molecule has 1 aliphatic heterocycles. The van der Waals surface area contributed by atoms with E-state index in [-0.39, 0.29) is 16.7 Å². The van der Waals surface area contributed by atoms with E-state index >= 15 is 0 Å². The number of piperazine rings is 1. The van der Waals surface area contributed by atoms with Crippen LogP contribution in [0.25, 0.3) is 0 Å². The normalized spacial score (nSPS) is 16.2. The largest absolute Gasteiger partial charge is 0.369 e. The van der Waals surface area contributed by atoms with Gasteiger partial charge in [-0.05, 0) is 49.4 Å². The number of hydrogen-bond donors (Lipinski definition) is 0. The second-order valence-electron chi connectivity index (χ2n) is 10.1. The van der Waals surface area contributed by atoms with E-state index in [0.717, 1.165) is 36.4 Å². The van der Waals surface area contributed by atoms with E-state index in [2.05, 4.69) is 69.5 Å². The number of benzene rings is 1. The Morgan fingerprint density at radius 1 is 0.833 bits per heavy atom. The van der Waals surface area contributed by atoms with E-state index in [1.165, 1.54) is 23.9 Å². The third-order valence-electron chi connectivity index (χ3n) is 6.61. The Labute approximate surface area is 179 Å². The van der Waals surface area contributed by atoms with Gasteiger partial charge in [0.1, 0.15) is 0 Å². The lowest BCUT2D eigenvalue weighted by Gasteiger charge is -2.45. The highest BCUT2D eigenvalue weighted by molar-refractivity contribution is 5.52. The van der Waals surface area contributed by atoms with Gasteiger partial charge in [-0.1, -0.05) is 26.8 Å². The average Bonchev–Trinajstić information content (AvgIpc) is 2.68. The summed E-state index contributed by atoms with van der Waals surface area (Å²) in [6.07, 6.45) is 0. The Morgan fingerprint density at radius 2 is 1.43 bits per heavy atom. The van der Waals surface area contributed by atoms with Crippen LogP contribution in [-0.2, 0) is 25.0 Å². The lowest BCUT2D eigenvalue weighted by Crippen LogP contribution is -2.55. The summed E-state index contributed by atoms with van der Waals surface area (Å²) in [6.45, 7) is 16.7. The fourth-order valence-electron chi connectivity index (χ4n) is 4.69. The second-order valence-corrected chi connectivity index (χ2v) is 10.1. The van der Waals surface area contributed by atoms with Crippen molar-refractivity contribution in [3.8, 4) is 0 Å². The number of anilines is 1. The molecular weight excluding hydrogens is 376 g/mol. The molecule has 0 amide bonds. The summed E-state index contributed by atoms with van der Waals surface area (Å²) >= 11 is 0. The van der Waals surface area contributed by atoms with Gasteiger partial charge >= 0.3 is 5.69 Å². The number of aromatic nitrogens is 2. The lowest BCUT2D eigenvalue weighted by molar-refractivity contribution is 0.103. The predicted molar refractivity (Wildman–Crippen MR) is 124 cm³/mol. The van der Waals surface area contributed by atoms with Crippen LogP contribution in [-0.4, -0.2) is 40.2 Å². The molecule has 0 bridgehead atoms. The Kier molecular flexibility index (Phi) is 5.76. The van der Waals surface area contributed by atoms with Crippen molar-refractivity contribution in [2.45, 2.75) is 52.5 Å². The topological polar surface area (TPSA) is 50.5 Å². The molecule has 1 aliphatic rings. The molecule has 6 heteroatoms. The smallest absolute Gasteiger partial charge is 0.330 e. The number of hydrogen-bond acceptors (Lipinski definition) is 4. The highest BCUT2D eigenvalue weighted by Gasteiger charge is 2.34. The number of aryl methyl sites for hydroxylation is 1. The van der Waals surface area contributed by atoms with E-state index in [4.69, 9.17) is 0 Å². The minimum Gasteiger partial charge on any atom is -0.369 e. The molecule has 6 nitrogen and oxygen atoms in total. The zero-order valence-electron chi connectivity index (χ0n) is 19.7. The van der Waals surface area contributed by atoms with Crippen molar-refractivity contribution in [1.29, 1.82) is 0 Å². The molecule has 3 rings (SSSR count). The van der Waals surface area contributed by atoms with Gasteiger partial charge in [0.15, 0.2) is 0 Å².